The number of anilines is 1. The third-order valence-electron chi connectivity index (χ3n) is 7.56. The Balaban J connectivity index is 0.000000165. The highest BCUT2D eigenvalue weighted by Crippen LogP contribution is 2.43. The maximum atomic E-state index is 11.9. The van der Waals surface area contributed by atoms with Crippen molar-refractivity contribution < 1.29 is 19.1 Å². The van der Waals surface area contributed by atoms with E-state index in [0.717, 1.165) is 64.1 Å². The fraction of sp³-hybridized carbons (Fsp3) is 0.303. The molecule has 0 spiro atoms. The summed E-state index contributed by atoms with van der Waals surface area (Å²) < 4.78 is 10.2. The summed E-state index contributed by atoms with van der Waals surface area (Å²) in [5.74, 6) is -0.486. The van der Waals surface area contributed by atoms with Crippen LogP contribution < -0.4 is 5.73 Å². The summed E-state index contributed by atoms with van der Waals surface area (Å²) >= 11 is 2.98. The second-order valence-electron chi connectivity index (χ2n) is 10.1. The van der Waals surface area contributed by atoms with Gasteiger partial charge in [-0.15, -0.1) is 22.7 Å². The van der Waals surface area contributed by atoms with E-state index in [1.54, 1.807) is 0 Å². The average Bonchev–Trinajstić information content (AvgIpc) is 3.61. The molecule has 0 atom stereocenters. The maximum Gasteiger partial charge on any atom is 0.348 e. The van der Waals surface area contributed by atoms with Crippen molar-refractivity contribution in [2.45, 2.75) is 53.4 Å². The number of nitriles is 1. The summed E-state index contributed by atoms with van der Waals surface area (Å²) in [7, 11) is 0. The normalized spacial score (nSPS) is 12.5. The number of carbonyl (C=O) groups is 2. The largest absolute Gasteiger partial charge is 0.462 e. The SMILES string of the molecule is CCOC(=O)c1cc2c(s1)-c1ccc(C)c(C#N)c1CC2.CCOC(=O)c1cc2c(s1)-c1ccc(C)c(N)c1CC2. The summed E-state index contributed by atoms with van der Waals surface area (Å²) in [5, 5.41) is 9.37. The lowest BCUT2D eigenvalue weighted by Crippen LogP contribution is -2.06. The Bertz CT molecular complexity index is 1710. The Morgan fingerprint density at radius 1 is 0.805 bits per heavy atom. The van der Waals surface area contributed by atoms with Crippen molar-refractivity contribution in [2.24, 2.45) is 0 Å². The molecule has 2 N–H and O–H groups in total. The van der Waals surface area contributed by atoms with Crippen LogP contribution in [0.5, 0.6) is 0 Å². The van der Waals surface area contributed by atoms with Crippen LogP contribution >= 0.6 is 22.7 Å². The molecular formula is C33H32N2O4S2. The monoisotopic (exact) mass is 584 g/mol. The van der Waals surface area contributed by atoms with Crippen molar-refractivity contribution in [3.63, 3.8) is 0 Å². The van der Waals surface area contributed by atoms with E-state index in [1.165, 1.54) is 49.8 Å². The van der Waals surface area contributed by atoms with Gasteiger partial charge >= 0.3 is 11.9 Å². The number of ether oxygens (including phenoxy) is 2. The van der Waals surface area contributed by atoms with Gasteiger partial charge in [0.25, 0.3) is 0 Å². The molecular weight excluding hydrogens is 553 g/mol. The molecule has 0 amide bonds. The molecule has 2 heterocycles. The molecule has 0 aliphatic heterocycles. The molecule has 0 bridgehead atoms. The third-order valence-corrected chi connectivity index (χ3v) is 9.94. The molecule has 41 heavy (non-hydrogen) atoms. The van der Waals surface area contributed by atoms with Gasteiger partial charge in [-0.3, -0.25) is 0 Å². The zero-order valence-electron chi connectivity index (χ0n) is 23.7. The fourth-order valence-electron chi connectivity index (χ4n) is 5.47. The number of hydrogen-bond acceptors (Lipinski definition) is 8. The third kappa shape index (κ3) is 5.40. The second-order valence-corrected chi connectivity index (χ2v) is 12.2. The van der Waals surface area contributed by atoms with Crippen LogP contribution in [0.3, 0.4) is 0 Å². The van der Waals surface area contributed by atoms with Crippen molar-refractivity contribution in [1.82, 2.24) is 0 Å². The molecule has 0 saturated heterocycles. The van der Waals surface area contributed by atoms with E-state index in [1.807, 2.05) is 52.0 Å². The number of nitrogens with zero attached hydrogens (tertiary/aromatic N) is 1. The van der Waals surface area contributed by atoms with E-state index >= 15 is 0 Å². The number of aryl methyl sites for hydroxylation is 4. The lowest BCUT2D eigenvalue weighted by molar-refractivity contribution is 0.0522. The molecule has 6 rings (SSSR count). The van der Waals surface area contributed by atoms with Crippen LogP contribution in [0.25, 0.3) is 20.9 Å². The molecule has 2 aromatic carbocycles. The van der Waals surface area contributed by atoms with Gasteiger partial charge in [0.2, 0.25) is 0 Å². The van der Waals surface area contributed by atoms with Crippen molar-refractivity contribution in [2.75, 3.05) is 18.9 Å². The molecule has 2 aliphatic carbocycles. The zero-order chi connectivity index (χ0) is 29.3. The van der Waals surface area contributed by atoms with E-state index in [9.17, 15) is 14.9 Å². The maximum absolute atomic E-state index is 11.9. The van der Waals surface area contributed by atoms with Gasteiger partial charge in [0.1, 0.15) is 9.75 Å². The van der Waals surface area contributed by atoms with E-state index in [-0.39, 0.29) is 11.9 Å². The van der Waals surface area contributed by atoms with Crippen molar-refractivity contribution >= 4 is 40.3 Å². The first kappa shape index (κ1) is 28.6. The van der Waals surface area contributed by atoms with Gasteiger partial charge in [0.15, 0.2) is 0 Å². The van der Waals surface area contributed by atoms with Gasteiger partial charge < -0.3 is 15.2 Å². The molecule has 0 radical (unpaired) electrons. The summed E-state index contributed by atoms with van der Waals surface area (Å²) in [6.07, 6.45) is 3.60. The number of esters is 2. The van der Waals surface area contributed by atoms with Crippen LogP contribution in [0.15, 0.2) is 36.4 Å². The summed E-state index contributed by atoms with van der Waals surface area (Å²) in [6, 6.07) is 14.4. The molecule has 6 nitrogen and oxygen atoms in total. The Morgan fingerprint density at radius 2 is 1.29 bits per heavy atom. The highest BCUT2D eigenvalue weighted by atomic mass is 32.1. The minimum absolute atomic E-state index is 0.228. The average molecular weight is 585 g/mol. The van der Waals surface area contributed by atoms with Crippen LogP contribution in [-0.4, -0.2) is 25.2 Å². The number of benzene rings is 2. The number of thiophene rings is 2. The highest BCUT2D eigenvalue weighted by Gasteiger charge is 2.25. The van der Waals surface area contributed by atoms with Crippen molar-refractivity contribution in [1.29, 1.82) is 5.26 Å². The zero-order valence-corrected chi connectivity index (χ0v) is 25.3. The molecule has 0 unspecified atom stereocenters. The molecule has 4 aromatic rings. The lowest BCUT2D eigenvalue weighted by Gasteiger charge is -2.19. The number of nitrogens with two attached hydrogens (primary N) is 1. The van der Waals surface area contributed by atoms with Crippen LogP contribution in [-0.2, 0) is 35.2 Å². The van der Waals surface area contributed by atoms with Crippen LogP contribution in [0, 0.1) is 25.2 Å². The number of nitrogen functional groups attached to an aromatic ring is 1. The lowest BCUT2D eigenvalue weighted by atomic mass is 9.86. The summed E-state index contributed by atoms with van der Waals surface area (Å²) in [4.78, 5) is 27.4. The van der Waals surface area contributed by atoms with Gasteiger partial charge in [-0.25, -0.2) is 9.59 Å². The van der Waals surface area contributed by atoms with Gasteiger partial charge in [0, 0.05) is 15.4 Å². The topological polar surface area (TPSA) is 102 Å². The summed E-state index contributed by atoms with van der Waals surface area (Å²) in [6.45, 7) is 8.42. The Hall–Kier alpha value is -3.93. The molecule has 2 aromatic heterocycles. The van der Waals surface area contributed by atoms with E-state index in [4.69, 9.17) is 15.2 Å². The predicted octanol–water partition coefficient (Wildman–Crippen LogP) is 7.45. The van der Waals surface area contributed by atoms with Gasteiger partial charge in [-0.1, -0.05) is 24.3 Å². The molecule has 210 valence electrons. The predicted molar refractivity (Wildman–Crippen MR) is 165 cm³/mol. The molecule has 2 aliphatic rings. The van der Waals surface area contributed by atoms with Crippen LogP contribution in [0.2, 0.25) is 0 Å². The van der Waals surface area contributed by atoms with E-state index < -0.39 is 0 Å². The Kier molecular flexibility index (Phi) is 8.30. The molecule has 0 fully saturated rings. The first-order valence-corrected chi connectivity index (χ1v) is 15.4. The Morgan fingerprint density at radius 3 is 1.80 bits per heavy atom. The van der Waals surface area contributed by atoms with Gasteiger partial charge in [-0.05, 0) is 110 Å². The highest BCUT2D eigenvalue weighted by molar-refractivity contribution is 7.18. The minimum Gasteiger partial charge on any atom is -0.462 e. The minimum atomic E-state index is -0.258. The van der Waals surface area contributed by atoms with E-state index in [0.29, 0.717) is 23.0 Å². The standard InChI is InChI=1S/C17H15NO2S.C16H17NO2S/c1-3-20-17(19)15-8-11-5-7-12-13(16(11)21-15)6-4-10(2)14(12)9-18;1-3-19-16(18)13-8-10-5-7-11-12(15(10)20-13)6-4-9(2)14(11)17/h4,6,8H,3,5,7H2,1-2H3;4,6,8H,3,5,7,17H2,1-2H3. The first-order chi connectivity index (χ1) is 19.8. The fourth-order valence-corrected chi connectivity index (χ4v) is 7.78. The summed E-state index contributed by atoms with van der Waals surface area (Å²) in [5.41, 5.74) is 17.0. The van der Waals surface area contributed by atoms with Crippen LogP contribution in [0.1, 0.15) is 72.1 Å². The molecule has 8 heteroatoms. The smallest absolute Gasteiger partial charge is 0.348 e. The van der Waals surface area contributed by atoms with E-state index in [2.05, 4.69) is 18.2 Å². The first-order valence-electron chi connectivity index (χ1n) is 13.8. The van der Waals surface area contributed by atoms with Gasteiger partial charge in [-0.2, -0.15) is 5.26 Å². The number of rotatable bonds is 4. The van der Waals surface area contributed by atoms with Crippen LogP contribution in [0.4, 0.5) is 5.69 Å². The Labute approximate surface area is 248 Å². The van der Waals surface area contributed by atoms with Crippen molar-refractivity contribution in [3.8, 4) is 27.0 Å². The second kappa shape index (κ2) is 11.9. The van der Waals surface area contributed by atoms with Crippen molar-refractivity contribution in [3.05, 3.63) is 85.1 Å². The molecule has 0 saturated carbocycles. The number of fused-ring (bicyclic) bond motifs is 6. The van der Waals surface area contributed by atoms with Gasteiger partial charge in [0.05, 0.1) is 24.8 Å². The number of carbonyl (C=O) groups excluding carboxylic acids is 2. The number of hydrogen-bond donors (Lipinski definition) is 1. The quantitative estimate of drug-likeness (QED) is 0.197.